The summed E-state index contributed by atoms with van der Waals surface area (Å²) in [5, 5.41) is 13.5. The van der Waals surface area contributed by atoms with Crippen LogP contribution in [-0.2, 0) is 6.54 Å². The van der Waals surface area contributed by atoms with Gasteiger partial charge >= 0.3 is 0 Å². The molecule has 1 aromatic carbocycles. The van der Waals surface area contributed by atoms with E-state index in [1.165, 1.54) is 0 Å². The third kappa shape index (κ3) is 5.91. The highest BCUT2D eigenvalue weighted by Crippen LogP contribution is 2.22. The second-order valence-electron chi connectivity index (χ2n) is 5.30. The zero-order valence-electron chi connectivity index (χ0n) is 12.0. The molecule has 1 aromatic rings. The van der Waals surface area contributed by atoms with E-state index in [0.29, 0.717) is 19.6 Å². The second-order valence-corrected chi connectivity index (χ2v) is 6.15. The first kappa shape index (κ1) is 16.4. The fraction of sp³-hybridized carbons (Fsp3) is 0.571. The Morgan fingerprint density at radius 1 is 1.42 bits per heavy atom. The lowest BCUT2D eigenvalue weighted by Crippen LogP contribution is -2.45. The van der Waals surface area contributed by atoms with E-state index in [1.807, 2.05) is 44.1 Å². The first-order valence-electron chi connectivity index (χ1n) is 6.24. The fourth-order valence-corrected chi connectivity index (χ4v) is 2.40. The summed E-state index contributed by atoms with van der Waals surface area (Å²) >= 11 is 3.51. The number of rotatable bonds is 7. The molecule has 0 aliphatic rings. The Morgan fingerprint density at radius 3 is 2.68 bits per heavy atom. The molecule has 19 heavy (non-hydrogen) atoms. The van der Waals surface area contributed by atoms with E-state index in [0.717, 1.165) is 15.8 Å². The lowest BCUT2D eigenvalue weighted by molar-refractivity contribution is 0.0336. The van der Waals surface area contributed by atoms with Gasteiger partial charge < -0.3 is 20.1 Å². The molecule has 0 heterocycles. The van der Waals surface area contributed by atoms with Gasteiger partial charge in [0, 0.05) is 24.1 Å². The van der Waals surface area contributed by atoms with Crippen LogP contribution in [0.1, 0.15) is 12.5 Å². The van der Waals surface area contributed by atoms with Crippen molar-refractivity contribution in [2.45, 2.75) is 19.1 Å². The number of halogens is 1. The number of ether oxygens (including phenoxy) is 1. The van der Waals surface area contributed by atoms with Crippen molar-refractivity contribution in [1.29, 1.82) is 0 Å². The van der Waals surface area contributed by atoms with Gasteiger partial charge in [0.05, 0.1) is 12.7 Å². The molecular formula is C14H23BrN2O2. The molecule has 1 unspecified atom stereocenters. The molecule has 108 valence electrons. The molecule has 1 rings (SSSR count). The zero-order chi connectivity index (χ0) is 14.5. The van der Waals surface area contributed by atoms with Gasteiger partial charge in [-0.2, -0.15) is 0 Å². The Morgan fingerprint density at radius 2 is 2.11 bits per heavy atom. The Labute approximate surface area is 123 Å². The minimum Gasteiger partial charge on any atom is -0.497 e. The normalized spacial score (nSPS) is 14.5. The summed E-state index contributed by atoms with van der Waals surface area (Å²) in [7, 11) is 5.56. The highest BCUT2D eigenvalue weighted by molar-refractivity contribution is 9.10. The topological polar surface area (TPSA) is 44.7 Å². The molecule has 0 saturated heterocycles. The summed E-state index contributed by atoms with van der Waals surface area (Å²) in [6, 6.07) is 5.86. The van der Waals surface area contributed by atoms with Crippen LogP contribution >= 0.6 is 15.9 Å². The lowest BCUT2D eigenvalue weighted by atomic mass is 10.1. The second kappa shape index (κ2) is 7.24. The maximum absolute atomic E-state index is 10.2. The number of hydrogen-bond donors (Lipinski definition) is 2. The van der Waals surface area contributed by atoms with Gasteiger partial charge in [0.1, 0.15) is 5.75 Å². The Bertz CT molecular complexity index is 408. The van der Waals surface area contributed by atoms with E-state index in [2.05, 4.69) is 21.2 Å². The standard InChI is InChI=1S/C14H23BrN2O2/c1-14(18,10-17(2)3)9-16-8-11-7-12(19-4)5-6-13(11)15/h5-7,16,18H,8-10H2,1-4H3. The summed E-state index contributed by atoms with van der Waals surface area (Å²) in [6.45, 7) is 3.68. The maximum Gasteiger partial charge on any atom is 0.119 e. The van der Waals surface area contributed by atoms with E-state index in [1.54, 1.807) is 7.11 Å². The van der Waals surface area contributed by atoms with Crippen LogP contribution in [0.4, 0.5) is 0 Å². The zero-order valence-corrected chi connectivity index (χ0v) is 13.6. The molecule has 0 aromatic heterocycles. The van der Waals surface area contributed by atoms with E-state index in [9.17, 15) is 5.11 Å². The van der Waals surface area contributed by atoms with Crippen molar-refractivity contribution >= 4 is 15.9 Å². The molecule has 4 nitrogen and oxygen atoms in total. The number of aliphatic hydroxyl groups is 1. The highest BCUT2D eigenvalue weighted by Gasteiger charge is 2.20. The Balaban J connectivity index is 2.53. The predicted molar refractivity (Wildman–Crippen MR) is 81.6 cm³/mol. The third-order valence-corrected chi connectivity index (χ3v) is 3.50. The van der Waals surface area contributed by atoms with E-state index < -0.39 is 5.60 Å². The van der Waals surface area contributed by atoms with Crippen molar-refractivity contribution in [3.8, 4) is 5.75 Å². The van der Waals surface area contributed by atoms with E-state index in [4.69, 9.17) is 4.74 Å². The maximum atomic E-state index is 10.2. The van der Waals surface area contributed by atoms with E-state index in [-0.39, 0.29) is 0 Å². The van der Waals surface area contributed by atoms with E-state index >= 15 is 0 Å². The van der Waals surface area contributed by atoms with Gasteiger partial charge in [0.15, 0.2) is 0 Å². The van der Waals surface area contributed by atoms with Crippen molar-refractivity contribution in [3.63, 3.8) is 0 Å². The number of hydrogen-bond acceptors (Lipinski definition) is 4. The van der Waals surface area contributed by atoms with Crippen LogP contribution in [0.2, 0.25) is 0 Å². The predicted octanol–water partition coefficient (Wildman–Crippen LogP) is 1.86. The molecule has 0 aliphatic heterocycles. The Hall–Kier alpha value is -0.620. The van der Waals surface area contributed by atoms with Crippen LogP contribution in [-0.4, -0.2) is 49.9 Å². The van der Waals surface area contributed by atoms with Crippen molar-refractivity contribution in [1.82, 2.24) is 10.2 Å². The number of likely N-dealkylation sites (N-methyl/N-ethyl adjacent to an activating group) is 1. The molecule has 0 fully saturated rings. The van der Waals surface area contributed by atoms with Gasteiger partial charge in [-0.3, -0.25) is 0 Å². The minimum absolute atomic E-state index is 0.537. The third-order valence-electron chi connectivity index (χ3n) is 2.73. The number of methoxy groups -OCH3 is 1. The molecule has 0 spiro atoms. The van der Waals surface area contributed by atoms with Crippen LogP contribution in [0.25, 0.3) is 0 Å². The van der Waals surface area contributed by atoms with Gasteiger partial charge in [-0.1, -0.05) is 15.9 Å². The largest absolute Gasteiger partial charge is 0.497 e. The highest BCUT2D eigenvalue weighted by atomic mass is 79.9. The first-order valence-corrected chi connectivity index (χ1v) is 7.03. The van der Waals surface area contributed by atoms with Crippen LogP contribution in [0, 0.1) is 0 Å². The molecule has 5 heteroatoms. The number of benzene rings is 1. The minimum atomic E-state index is -0.741. The van der Waals surface area contributed by atoms with Crippen LogP contribution in [0.3, 0.4) is 0 Å². The SMILES string of the molecule is COc1ccc(Br)c(CNCC(C)(O)CN(C)C)c1. The smallest absolute Gasteiger partial charge is 0.119 e. The lowest BCUT2D eigenvalue weighted by Gasteiger charge is -2.27. The molecule has 0 aliphatic carbocycles. The number of nitrogens with zero attached hydrogens (tertiary/aromatic N) is 1. The van der Waals surface area contributed by atoms with Gasteiger partial charge in [-0.25, -0.2) is 0 Å². The molecule has 0 radical (unpaired) electrons. The van der Waals surface area contributed by atoms with Gasteiger partial charge in [-0.05, 0) is 44.8 Å². The average Bonchev–Trinajstić information content (AvgIpc) is 2.29. The molecule has 0 amide bonds. The fourth-order valence-electron chi connectivity index (χ4n) is 2.02. The monoisotopic (exact) mass is 330 g/mol. The quantitative estimate of drug-likeness (QED) is 0.801. The summed E-state index contributed by atoms with van der Waals surface area (Å²) in [6.07, 6.45) is 0. The van der Waals surface area contributed by atoms with Gasteiger partial charge in [-0.15, -0.1) is 0 Å². The molecular weight excluding hydrogens is 308 g/mol. The van der Waals surface area contributed by atoms with Crippen LogP contribution in [0.15, 0.2) is 22.7 Å². The molecule has 2 N–H and O–H groups in total. The van der Waals surface area contributed by atoms with Crippen molar-refractivity contribution in [2.24, 2.45) is 0 Å². The first-order chi connectivity index (χ1) is 8.84. The van der Waals surface area contributed by atoms with Crippen molar-refractivity contribution < 1.29 is 9.84 Å². The van der Waals surface area contributed by atoms with Crippen LogP contribution in [0.5, 0.6) is 5.75 Å². The molecule has 0 bridgehead atoms. The number of nitrogens with one attached hydrogen (secondary N) is 1. The Kier molecular flexibility index (Phi) is 6.26. The summed E-state index contributed by atoms with van der Waals surface area (Å²) < 4.78 is 6.24. The molecule has 0 saturated carbocycles. The summed E-state index contributed by atoms with van der Waals surface area (Å²) in [5.41, 5.74) is 0.370. The summed E-state index contributed by atoms with van der Waals surface area (Å²) in [5.74, 6) is 0.833. The van der Waals surface area contributed by atoms with Crippen molar-refractivity contribution in [2.75, 3.05) is 34.3 Å². The summed E-state index contributed by atoms with van der Waals surface area (Å²) in [4.78, 5) is 1.98. The van der Waals surface area contributed by atoms with Crippen LogP contribution < -0.4 is 10.1 Å². The van der Waals surface area contributed by atoms with Gasteiger partial charge in [0.25, 0.3) is 0 Å². The molecule has 1 atom stereocenters. The van der Waals surface area contributed by atoms with Gasteiger partial charge in [0.2, 0.25) is 0 Å². The average molecular weight is 331 g/mol. The van der Waals surface area contributed by atoms with Crippen molar-refractivity contribution in [3.05, 3.63) is 28.2 Å².